The van der Waals surface area contributed by atoms with E-state index in [0.717, 1.165) is 30.2 Å². The predicted octanol–water partition coefficient (Wildman–Crippen LogP) is 1.92. The number of nitrogens with zero attached hydrogens (tertiary/aromatic N) is 3. The summed E-state index contributed by atoms with van der Waals surface area (Å²) in [6.45, 7) is 9.72. The van der Waals surface area contributed by atoms with E-state index in [1.807, 2.05) is 13.8 Å². The molecule has 2 heterocycles. The van der Waals surface area contributed by atoms with Gasteiger partial charge in [-0.2, -0.15) is 0 Å². The van der Waals surface area contributed by atoms with Gasteiger partial charge in [0.05, 0.1) is 0 Å². The first-order chi connectivity index (χ1) is 10.1. The number of likely N-dealkylation sites (tertiary alicyclic amines) is 1. The number of nitrogens with two attached hydrogens (primary N) is 1. The van der Waals surface area contributed by atoms with E-state index in [1.54, 1.807) is 0 Å². The van der Waals surface area contributed by atoms with Crippen LogP contribution in [0.3, 0.4) is 0 Å². The van der Waals surface area contributed by atoms with E-state index < -0.39 is 0 Å². The zero-order valence-electron chi connectivity index (χ0n) is 13.4. The third-order valence-corrected chi connectivity index (χ3v) is 4.01. The largest absolute Gasteiger partial charge is 0.366 e. The molecule has 4 N–H and O–H groups in total. The lowest BCUT2D eigenvalue weighted by Gasteiger charge is -2.29. The molecule has 1 fully saturated rings. The number of aromatic nitrogens is 2. The van der Waals surface area contributed by atoms with Crippen molar-refractivity contribution < 1.29 is 0 Å². The van der Waals surface area contributed by atoms with Gasteiger partial charge >= 0.3 is 0 Å². The van der Waals surface area contributed by atoms with Gasteiger partial charge in [0, 0.05) is 24.6 Å². The highest BCUT2D eigenvalue weighted by Crippen LogP contribution is 2.20. The minimum Gasteiger partial charge on any atom is -0.366 e. The molecular formula is C15H28N6. The Kier molecular flexibility index (Phi) is 5.76. The quantitative estimate of drug-likeness (QED) is 0.549. The minimum absolute atomic E-state index is 0.354. The normalized spacial score (nSPS) is 17.5. The van der Waals surface area contributed by atoms with Crippen molar-refractivity contribution in [1.29, 1.82) is 0 Å². The molecule has 1 atom stereocenters. The van der Waals surface area contributed by atoms with Crippen molar-refractivity contribution in [2.75, 3.05) is 30.4 Å². The first-order valence-electron chi connectivity index (χ1n) is 7.97. The molecule has 0 amide bonds. The third-order valence-electron chi connectivity index (χ3n) is 4.01. The Morgan fingerprint density at radius 2 is 1.86 bits per heavy atom. The van der Waals surface area contributed by atoms with Crippen molar-refractivity contribution in [3.8, 4) is 0 Å². The van der Waals surface area contributed by atoms with Gasteiger partial charge in [-0.05, 0) is 39.8 Å². The van der Waals surface area contributed by atoms with E-state index >= 15 is 0 Å². The predicted molar refractivity (Wildman–Crippen MR) is 87.3 cm³/mol. The molecule has 0 radical (unpaired) electrons. The van der Waals surface area contributed by atoms with Gasteiger partial charge in [0.15, 0.2) is 0 Å². The second kappa shape index (κ2) is 7.56. The van der Waals surface area contributed by atoms with E-state index in [2.05, 4.69) is 32.5 Å². The fraction of sp³-hybridized carbons (Fsp3) is 0.733. The summed E-state index contributed by atoms with van der Waals surface area (Å²) in [7, 11) is 0. The number of nitrogens with one attached hydrogen (secondary N) is 2. The molecule has 1 saturated heterocycles. The van der Waals surface area contributed by atoms with Crippen LogP contribution in [-0.2, 0) is 6.42 Å². The van der Waals surface area contributed by atoms with Gasteiger partial charge in [0.1, 0.15) is 17.5 Å². The summed E-state index contributed by atoms with van der Waals surface area (Å²) < 4.78 is 0. The number of hydrazine groups is 1. The van der Waals surface area contributed by atoms with E-state index in [9.17, 15) is 0 Å². The molecule has 6 nitrogen and oxygen atoms in total. The molecule has 0 aromatic carbocycles. The fourth-order valence-electron chi connectivity index (χ4n) is 2.81. The maximum Gasteiger partial charge on any atom is 0.148 e. The molecule has 0 saturated carbocycles. The van der Waals surface area contributed by atoms with Crippen molar-refractivity contribution in [3.05, 3.63) is 11.4 Å². The highest BCUT2D eigenvalue weighted by Gasteiger charge is 2.16. The average molecular weight is 292 g/mol. The summed E-state index contributed by atoms with van der Waals surface area (Å²) in [5.41, 5.74) is 3.64. The molecule has 6 heteroatoms. The molecule has 0 spiro atoms. The van der Waals surface area contributed by atoms with E-state index in [4.69, 9.17) is 5.84 Å². The number of rotatable bonds is 6. The van der Waals surface area contributed by atoms with Gasteiger partial charge in [-0.3, -0.25) is 0 Å². The number of aryl methyl sites for hydroxylation is 1. The average Bonchev–Trinajstić information content (AvgIpc) is 2.50. The minimum atomic E-state index is 0.354. The Morgan fingerprint density at radius 1 is 1.19 bits per heavy atom. The summed E-state index contributed by atoms with van der Waals surface area (Å²) in [5.74, 6) is 7.95. The van der Waals surface area contributed by atoms with E-state index in [1.165, 1.54) is 32.4 Å². The number of nitrogen functional groups attached to an aromatic ring is 1. The first-order valence-corrected chi connectivity index (χ1v) is 7.97. The van der Waals surface area contributed by atoms with Crippen molar-refractivity contribution in [2.45, 2.75) is 52.5 Å². The molecule has 1 aliphatic rings. The van der Waals surface area contributed by atoms with E-state index in [0.29, 0.717) is 11.9 Å². The molecule has 1 aromatic heterocycles. The zero-order valence-corrected chi connectivity index (χ0v) is 13.4. The van der Waals surface area contributed by atoms with E-state index in [-0.39, 0.29) is 0 Å². The van der Waals surface area contributed by atoms with Crippen molar-refractivity contribution in [2.24, 2.45) is 5.84 Å². The molecule has 0 bridgehead atoms. The summed E-state index contributed by atoms with van der Waals surface area (Å²) in [6, 6.07) is 0.354. The highest BCUT2D eigenvalue weighted by atomic mass is 15.3. The van der Waals surface area contributed by atoms with Crippen LogP contribution < -0.4 is 16.6 Å². The van der Waals surface area contributed by atoms with Crippen LogP contribution in [0.2, 0.25) is 0 Å². The molecule has 0 aliphatic carbocycles. The van der Waals surface area contributed by atoms with Crippen molar-refractivity contribution in [3.63, 3.8) is 0 Å². The molecular weight excluding hydrogens is 264 g/mol. The smallest absolute Gasteiger partial charge is 0.148 e. The van der Waals surface area contributed by atoms with Crippen LogP contribution >= 0.6 is 0 Å². The second-order valence-corrected chi connectivity index (χ2v) is 5.87. The van der Waals surface area contributed by atoms with Gasteiger partial charge < -0.3 is 15.6 Å². The van der Waals surface area contributed by atoms with Gasteiger partial charge in [-0.1, -0.05) is 13.3 Å². The number of anilines is 2. The van der Waals surface area contributed by atoms with Crippen LogP contribution in [-0.4, -0.2) is 40.5 Å². The van der Waals surface area contributed by atoms with Gasteiger partial charge in [-0.15, -0.1) is 0 Å². The Labute approximate surface area is 127 Å². The summed E-state index contributed by atoms with van der Waals surface area (Å²) >= 11 is 0. The Balaban J connectivity index is 2.03. The molecule has 21 heavy (non-hydrogen) atoms. The van der Waals surface area contributed by atoms with Crippen LogP contribution in [0.4, 0.5) is 11.6 Å². The van der Waals surface area contributed by atoms with Gasteiger partial charge in [0.2, 0.25) is 0 Å². The van der Waals surface area contributed by atoms with Gasteiger partial charge in [0.25, 0.3) is 0 Å². The van der Waals surface area contributed by atoms with Crippen LogP contribution in [0.1, 0.15) is 44.5 Å². The first kappa shape index (κ1) is 16.0. The number of piperidine rings is 1. The monoisotopic (exact) mass is 292 g/mol. The maximum absolute atomic E-state index is 5.55. The number of hydrogen-bond acceptors (Lipinski definition) is 6. The lowest BCUT2D eigenvalue weighted by Crippen LogP contribution is -2.38. The highest BCUT2D eigenvalue weighted by molar-refractivity contribution is 5.57. The van der Waals surface area contributed by atoms with Crippen LogP contribution in [0.5, 0.6) is 0 Å². The summed E-state index contributed by atoms with van der Waals surface area (Å²) in [4.78, 5) is 11.5. The topological polar surface area (TPSA) is 79.1 Å². The zero-order chi connectivity index (χ0) is 15.2. The van der Waals surface area contributed by atoms with Crippen LogP contribution in [0.25, 0.3) is 0 Å². The Morgan fingerprint density at radius 3 is 2.48 bits per heavy atom. The lowest BCUT2D eigenvalue weighted by molar-refractivity contribution is 0.223. The third kappa shape index (κ3) is 4.28. The van der Waals surface area contributed by atoms with Gasteiger partial charge in [-0.25, -0.2) is 15.8 Å². The summed E-state index contributed by atoms with van der Waals surface area (Å²) in [5, 5.41) is 3.52. The molecule has 2 rings (SSSR count). The number of hydrogen-bond donors (Lipinski definition) is 3. The molecule has 1 unspecified atom stereocenters. The fourth-order valence-corrected chi connectivity index (χ4v) is 2.81. The van der Waals surface area contributed by atoms with Crippen molar-refractivity contribution >= 4 is 11.6 Å². The SMILES string of the molecule is CCc1nc(NN)c(C)c(NC(C)CN2CCCCC2)n1. The summed E-state index contributed by atoms with van der Waals surface area (Å²) in [6.07, 6.45) is 4.81. The Hall–Kier alpha value is -1.40. The second-order valence-electron chi connectivity index (χ2n) is 5.87. The van der Waals surface area contributed by atoms with Crippen LogP contribution in [0.15, 0.2) is 0 Å². The Bertz CT molecular complexity index is 456. The van der Waals surface area contributed by atoms with Crippen LogP contribution in [0, 0.1) is 6.92 Å². The van der Waals surface area contributed by atoms with Crippen molar-refractivity contribution in [1.82, 2.24) is 14.9 Å². The lowest BCUT2D eigenvalue weighted by atomic mass is 10.1. The standard InChI is InChI=1S/C15H28N6/c1-4-13-18-14(12(3)15(19-13)20-16)17-11(2)10-21-8-6-5-7-9-21/h11H,4-10,16H2,1-3H3,(H2,17,18,19,20). The maximum atomic E-state index is 5.55. The molecule has 118 valence electrons. The molecule has 1 aromatic rings. The molecule has 1 aliphatic heterocycles.